The number of carbonyl (C=O) groups is 1. The van der Waals surface area contributed by atoms with Gasteiger partial charge in [-0.2, -0.15) is 0 Å². The predicted octanol–water partition coefficient (Wildman–Crippen LogP) is 1.97. The molecule has 1 saturated carbocycles. The number of amides is 1. The Morgan fingerprint density at radius 1 is 1.43 bits per heavy atom. The molecule has 0 aromatic heterocycles. The third-order valence-electron chi connectivity index (χ3n) is 4.75. The van der Waals surface area contributed by atoms with E-state index in [0.29, 0.717) is 11.6 Å². The highest BCUT2D eigenvalue weighted by atomic mass is 16.1. The molecule has 21 heavy (non-hydrogen) atoms. The smallest absolute Gasteiger partial charge is 0.227 e. The molecule has 0 bridgehead atoms. The Labute approximate surface area is 126 Å². The number of anilines is 1. The van der Waals surface area contributed by atoms with Crippen molar-refractivity contribution >= 4 is 11.6 Å². The first kappa shape index (κ1) is 14.4. The zero-order valence-electron chi connectivity index (χ0n) is 12.7. The van der Waals surface area contributed by atoms with Gasteiger partial charge in [0, 0.05) is 24.8 Å². The molecule has 2 aliphatic rings. The van der Waals surface area contributed by atoms with Crippen LogP contribution in [0.5, 0.6) is 0 Å². The van der Waals surface area contributed by atoms with Gasteiger partial charge in [-0.05, 0) is 56.3 Å². The quantitative estimate of drug-likeness (QED) is 0.814. The highest BCUT2D eigenvalue weighted by Gasteiger charge is 2.34. The fraction of sp³-hybridized carbons (Fsp3) is 0.588. The first-order valence-electron chi connectivity index (χ1n) is 8.00. The molecule has 1 heterocycles. The van der Waals surface area contributed by atoms with E-state index in [-0.39, 0.29) is 11.8 Å². The maximum absolute atomic E-state index is 12.3. The molecule has 114 valence electrons. The summed E-state index contributed by atoms with van der Waals surface area (Å²) < 4.78 is 0. The van der Waals surface area contributed by atoms with E-state index in [1.54, 1.807) is 0 Å². The van der Waals surface area contributed by atoms with Gasteiger partial charge in [-0.15, -0.1) is 0 Å². The Bertz CT molecular complexity index is 513. The number of benzene rings is 1. The average Bonchev–Trinajstić information content (AvgIpc) is 3.23. The molecule has 1 aromatic rings. The molecule has 0 spiro atoms. The highest BCUT2D eigenvalue weighted by Crippen LogP contribution is 2.31. The minimum Gasteiger partial charge on any atom is -0.399 e. The van der Waals surface area contributed by atoms with Crippen LogP contribution < -0.4 is 11.1 Å². The molecule has 2 atom stereocenters. The van der Waals surface area contributed by atoms with E-state index in [9.17, 15) is 4.79 Å². The van der Waals surface area contributed by atoms with Crippen molar-refractivity contribution in [3.05, 3.63) is 29.8 Å². The Morgan fingerprint density at radius 2 is 2.24 bits per heavy atom. The van der Waals surface area contributed by atoms with E-state index < -0.39 is 0 Å². The monoisotopic (exact) mass is 287 g/mol. The summed E-state index contributed by atoms with van der Waals surface area (Å²) in [5.41, 5.74) is 7.48. The molecule has 1 aliphatic carbocycles. The lowest BCUT2D eigenvalue weighted by Gasteiger charge is -2.17. The van der Waals surface area contributed by atoms with Crippen molar-refractivity contribution in [2.45, 2.75) is 38.1 Å². The number of likely N-dealkylation sites (tertiary alicyclic amines) is 1. The molecule has 3 rings (SSSR count). The number of nitrogen functional groups attached to an aromatic ring is 1. The van der Waals surface area contributed by atoms with Crippen molar-refractivity contribution in [1.29, 1.82) is 0 Å². The topological polar surface area (TPSA) is 58.4 Å². The van der Waals surface area contributed by atoms with Crippen molar-refractivity contribution < 1.29 is 4.79 Å². The number of hydrogen-bond donors (Lipinski definition) is 2. The summed E-state index contributed by atoms with van der Waals surface area (Å²) >= 11 is 0. The van der Waals surface area contributed by atoms with Crippen LogP contribution in [0.3, 0.4) is 0 Å². The molecule has 1 saturated heterocycles. The van der Waals surface area contributed by atoms with Gasteiger partial charge in [-0.3, -0.25) is 4.79 Å². The Morgan fingerprint density at radius 3 is 2.95 bits per heavy atom. The lowest BCUT2D eigenvalue weighted by atomic mass is 9.99. The maximum Gasteiger partial charge on any atom is 0.227 e. The van der Waals surface area contributed by atoms with Crippen LogP contribution in [0.25, 0.3) is 0 Å². The molecule has 1 amide bonds. The summed E-state index contributed by atoms with van der Waals surface area (Å²) in [4.78, 5) is 14.9. The van der Waals surface area contributed by atoms with E-state index in [1.807, 2.05) is 31.2 Å². The van der Waals surface area contributed by atoms with Crippen molar-refractivity contribution in [3.8, 4) is 0 Å². The summed E-state index contributed by atoms with van der Waals surface area (Å²) in [5.74, 6) is 0.572. The molecule has 0 radical (unpaired) electrons. The third kappa shape index (κ3) is 3.56. The SMILES string of the molecule is CC(C(=O)NCC1CCN(C2CC2)C1)c1cccc(N)c1. The van der Waals surface area contributed by atoms with Gasteiger partial charge in [0.05, 0.1) is 5.92 Å². The molecule has 2 unspecified atom stereocenters. The van der Waals surface area contributed by atoms with Crippen LogP contribution in [0.15, 0.2) is 24.3 Å². The third-order valence-corrected chi connectivity index (χ3v) is 4.75. The second-order valence-electron chi connectivity index (χ2n) is 6.52. The van der Waals surface area contributed by atoms with Gasteiger partial charge in [-0.25, -0.2) is 0 Å². The van der Waals surface area contributed by atoms with Crippen LogP contribution in [-0.2, 0) is 4.79 Å². The normalized spacial score (nSPS) is 24.0. The van der Waals surface area contributed by atoms with Crippen LogP contribution in [0, 0.1) is 5.92 Å². The maximum atomic E-state index is 12.3. The fourth-order valence-electron chi connectivity index (χ4n) is 3.18. The van der Waals surface area contributed by atoms with Crippen LogP contribution in [0.1, 0.15) is 37.7 Å². The first-order chi connectivity index (χ1) is 10.1. The van der Waals surface area contributed by atoms with Crippen molar-refractivity contribution in [1.82, 2.24) is 10.2 Å². The highest BCUT2D eigenvalue weighted by molar-refractivity contribution is 5.83. The van der Waals surface area contributed by atoms with E-state index in [2.05, 4.69) is 10.2 Å². The van der Waals surface area contributed by atoms with Crippen molar-refractivity contribution in [2.75, 3.05) is 25.4 Å². The molecular weight excluding hydrogens is 262 g/mol. The van der Waals surface area contributed by atoms with Crippen LogP contribution in [0.4, 0.5) is 5.69 Å². The number of hydrogen-bond acceptors (Lipinski definition) is 3. The number of nitrogens with one attached hydrogen (secondary N) is 1. The van der Waals surface area contributed by atoms with E-state index in [0.717, 1.165) is 24.7 Å². The first-order valence-corrected chi connectivity index (χ1v) is 8.00. The van der Waals surface area contributed by atoms with Gasteiger partial charge in [-0.1, -0.05) is 12.1 Å². The van der Waals surface area contributed by atoms with Gasteiger partial charge in [0.15, 0.2) is 0 Å². The summed E-state index contributed by atoms with van der Waals surface area (Å²) in [5, 5.41) is 3.12. The summed E-state index contributed by atoms with van der Waals surface area (Å²) in [6.07, 6.45) is 3.94. The largest absolute Gasteiger partial charge is 0.399 e. The van der Waals surface area contributed by atoms with E-state index in [4.69, 9.17) is 5.73 Å². The number of nitrogens with two attached hydrogens (primary N) is 1. The Balaban J connectivity index is 1.47. The Hall–Kier alpha value is -1.55. The average molecular weight is 287 g/mol. The van der Waals surface area contributed by atoms with Gasteiger partial charge in [0.25, 0.3) is 0 Å². The zero-order valence-corrected chi connectivity index (χ0v) is 12.7. The predicted molar refractivity (Wildman–Crippen MR) is 85.0 cm³/mol. The zero-order chi connectivity index (χ0) is 14.8. The van der Waals surface area contributed by atoms with E-state index in [1.165, 1.54) is 25.8 Å². The molecule has 3 N–H and O–H groups in total. The molecule has 1 aromatic carbocycles. The van der Waals surface area contributed by atoms with Gasteiger partial charge >= 0.3 is 0 Å². The minimum atomic E-state index is -0.144. The second-order valence-corrected chi connectivity index (χ2v) is 6.52. The molecule has 4 heteroatoms. The number of nitrogens with zero attached hydrogens (tertiary/aromatic N) is 1. The lowest BCUT2D eigenvalue weighted by Crippen LogP contribution is -2.34. The van der Waals surface area contributed by atoms with E-state index >= 15 is 0 Å². The molecular formula is C17H25N3O. The van der Waals surface area contributed by atoms with Crippen LogP contribution in [0.2, 0.25) is 0 Å². The number of rotatable bonds is 5. The fourth-order valence-corrected chi connectivity index (χ4v) is 3.18. The van der Waals surface area contributed by atoms with Crippen molar-refractivity contribution in [3.63, 3.8) is 0 Å². The summed E-state index contributed by atoms with van der Waals surface area (Å²) in [6, 6.07) is 8.44. The lowest BCUT2D eigenvalue weighted by molar-refractivity contribution is -0.122. The molecule has 2 fully saturated rings. The Kier molecular flexibility index (Phi) is 4.15. The molecule has 4 nitrogen and oxygen atoms in total. The van der Waals surface area contributed by atoms with Crippen molar-refractivity contribution in [2.24, 2.45) is 5.92 Å². The summed E-state index contributed by atoms with van der Waals surface area (Å²) in [6.45, 7) is 5.09. The standard InChI is InChI=1S/C17H25N3O/c1-12(14-3-2-4-15(18)9-14)17(21)19-10-13-7-8-20(11-13)16-5-6-16/h2-4,9,12-13,16H,5-8,10-11,18H2,1H3,(H,19,21). The summed E-state index contributed by atoms with van der Waals surface area (Å²) in [7, 11) is 0. The van der Waals surface area contributed by atoms with Gasteiger partial charge in [0.2, 0.25) is 5.91 Å². The number of carbonyl (C=O) groups excluding carboxylic acids is 1. The minimum absolute atomic E-state index is 0.102. The molecule has 1 aliphatic heterocycles. The van der Waals surface area contributed by atoms with Crippen LogP contribution >= 0.6 is 0 Å². The van der Waals surface area contributed by atoms with Gasteiger partial charge in [0.1, 0.15) is 0 Å². The van der Waals surface area contributed by atoms with Crippen LogP contribution in [-0.4, -0.2) is 36.5 Å². The van der Waals surface area contributed by atoms with Gasteiger partial charge < -0.3 is 16.0 Å². The second kappa shape index (κ2) is 6.06.